The summed E-state index contributed by atoms with van der Waals surface area (Å²) in [4.78, 5) is 12.1. The number of carbonyl (C=O) groups excluding carboxylic acids is 1. The summed E-state index contributed by atoms with van der Waals surface area (Å²) in [6, 6.07) is 4.97. The molecule has 0 aliphatic carbocycles. The maximum absolute atomic E-state index is 13.6. The third kappa shape index (κ3) is 2.91. The highest BCUT2D eigenvalue weighted by atomic mass is 19.1. The number of benzene rings is 1. The van der Waals surface area contributed by atoms with E-state index in [1.54, 1.807) is 6.07 Å². The molecule has 0 radical (unpaired) electrons. The first kappa shape index (κ1) is 12.2. The average Bonchev–Trinajstić information content (AvgIpc) is 2.35. The second-order valence-electron chi connectivity index (χ2n) is 4.70. The van der Waals surface area contributed by atoms with Crippen LogP contribution in [0.1, 0.15) is 24.0 Å². The Morgan fingerprint density at radius 2 is 2.12 bits per heavy atom. The molecule has 92 valence electrons. The van der Waals surface area contributed by atoms with Crippen LogP contribution in [0.2, 0.25) is 0 Å². The Morgan fingerprint density at radius 1 is 1.41 bits per heavy atom. The van der Waals surface area contributed by atoms with Gasteiger partial charge in [0.25, 0.3) is 0 Å². The quantitative estimate of drug-likeness (QED) is 0.870. The van der Waals surface area contributed by atoms with Crippen LogP contribution in [0.4, 0.5) is 4.39 Å². The van der Waals surface area contributed by atoms with E-state index < -0.39 is 0 Å². The van der Waals surface area contributed by atoms with E-state index in [4.69, 9.17) is 0 Å². The summed E-state index contributed by atoms with van der Waals surface area (Å²) in [5.74, 6) is 0.0299. The van der Waals surface area contributed by atoms with Crippen LogP contribution in [0.15, 0.2) is 18.2 Å². The van der Waals surface area contributed by atoms with E-state index in [9.17, 15) is 9.18 Å². The highest BCUT2D eigenvalue weighted by Gasteiger charge is 2.22. The molecule has 1 aliphatic heterocycles. The van der Waals surface area contributed by atoms with Gasteiger partial charge in [-0.05, 0) is 50.0 Å². The zero-order valence-electron chi connectivity index (χ0n) is 10.1. The van der Waals surface area contributed by atoms with Crippen molar-refractivity contribution in [2.75, 3.05) is 13.1 Å². The van der Waals surface area contributed by atoms with Gasteiger partial charge in [-0.25, -0.2) is 4.39 Å². The van der Waals surface area contributed by atoms with Crippen LogP contribution in [0.3, 0.4) is 0 Å². The van der Waals surface area contributed by atoms with Crippen LogP contribution >= 0.6 is 0 Å². The topological polar surface area (TPSA) is 29.1 Å². The van der Waals surface area contributed by atoms with Crippen LogP contribution < -0.4 is 5.32 Å². The molecule has 0 atom stereocenters. The molecule has 1 aromatic carbocycles. The van der Waals surface area contributed by atoms with E-state index in [0.29, 0.717) is 5.56 Å². The van der Waals surface area contributed by atoms with E-state index in [0.717, 1.165) is 31.5 Å². The van der Waals surface area contributed by atoms with Gasteiger partial charge in [-0.3, -0.25) is 4.79 Å². The van der Waals surface area contributed by atoms with E-state index in [1.165, 1.54) is 6.07 Å². The van der Waals surface area contributed by atoms with Crippen molar-refractivity contribution >= 4 is 5.78 Å². The Bertz CT molecular complexity index is 390. The molecule has 0 saturated carbocycles. The summed E-state index contributed by atoms with van der Waals surface area (Å²) in [5.41, 5.74) is 1.43. The zero-order valence-corrected chi connectivity index (χ0v) is 10.1. The van der Waals surface area contributed by atoms with Crippen LogP contribution in [-0.4, -0.2) is 18.9 Å². The first-order chi connectivity index (χ1) is 8.18. The Morgan fingerprint density at radius 3 is 2.76 bits per heavy atom. The van der Waals surface area contributed by atoms with Crippen molar-refractivity contribution in [2.24, 2.45) is 5.92 Å². The van der Waals surface area contributed by atoms with Crippen LogP contribution in [0.25, 0.3) is 0 Å². The van der Waals surface area contributed by atoms with Crippen molar-refractivity contribution in [1.82, 2.24) is 5.32 Å². The van der Waals surface area contributed by atoms with E-state index >= 15 is 0 Å². The molecule has 1 saturated heterocycles. The highest BCUT2D eigenvalue weighted by Crippen LogP contribution is 2.19. The Hall–Kier alpha value is -1.22. The summed E-state index contributed by atoms with van der Waals surface area (Å²) in [6.45, 7) is 3.65. The van der Waals surface area contributed by atoms with Gasteiger partial charge in [-0.2, -0.15) is 0 Å². The van der Waals surface area contributed by atoms with Crippen LogP contribution in [0, 0.1) is 18.7 Å². The number of carbonyl (C=O) groups is 1. The average molecular weight is 235 g/mol. The monoisotopic (exact) mass is 235 g/mol. The maximum atomic E-state index is 13.6. The normalized spacial score (nSPS) is 17.1. The Kier molecular flexibility index (Phi) is 3.89. The summed E-state index contributed by atoms with van der Waals surface area (Å²) in [5, 5.41) is 3.23. The Balaban J connectivity index is 2.07. The lowest BCUT2D eigenvalue weighted by Gasteiger charge is -2.21. The Labute approximate surface area is 101 Å². The lowest BCUT2D eigenvalue weighted by molar-refractivity contribution is -0.123. The molecular formula is C14H18FNO. The molecule has 0 unspecified atom stereocenters. The van der Waals surface area contributed by atoms with Gasteiger partial charge in [0.2, 0.25) is 0 Å². The first-order valence-corrected chi connectivity index (χ1v) is 6.16. The second-order valence-corrected chi connectivity index (χ2v) is 4.70. The fourth-order valence-electron chi connectivity index (χ4n) is 2.35. The third-order valence-electron chi connectivity index (χ3n) is 3.50. The SMILES string of the molecule is Cc1cccc(F)c1CC(=O)C1CCNCC1. The van der Waals surface area contributed by atoms with Gasteiger partial charge in [0, 0.05) is 12.3 Å². The van der Waals surface area contributed by atoms with Crippen molar-refractivity contribution in [3.63, 3.8) is 0 Å². The van der Waals surface area contributed by atoms with E-state index in [-0.39, 0.29) is 23.9 Å². The molecule has 0 aromatic heterocycles. The van der Waals surface area contributed by atoms with Gasteiger partial charge >= 0.3 is 0 Å². The molecule has 2 rings (SSSR count). The number of hydrogen-bond acceptors (Lipinski definition) is 2. The molecule has 2 nitrogen and oxygen atoms in total. The molecule has 17 heavy (non-hydrogen) atoms. The summed E-state index contributed by atoms with van der Waals surface area (Å²) in [6.07, 6.45) is 2.00. The minimum Gasteiger partial charge on any atom is -0.317 e. The van der Waals surface area contributed by atoms with Crippen molar-refractivity contribution < 1.29 is 9.18 Å². The minimum absolute atomic E-state index is 0.107. The summed E-state index contributed by atoms with van der Waals surface area (Å²) >= 11 is 0. The van der Waals surface area contributed by atoms with Crippen LogP contribution in [-0.2, 0) is 11.2 Å². The fraction of sp³-hybridized carbons (Fsp3) is 0.500. The molecule has 1 aliphatic rings. The van der Waals surface area contributed by atoms with Crippen molar-refractivity contribution in [1.29, 1.82) is 0 Å². The summed E-state index contributed by atoms with van der Waals surface area (Å²) < 4.78 is 13.6. The van der Waals surface area contributed by atoms with Gasteiger partial charge in [-0.15, -0.1) is 0 Å². The number of ketones is 1. The van der Waals surface area contributed by atoms with Gasteiger partial charge in [0.15, 0.2) is 0 Å². The maximum Gasteiger partial charge on any atom is 0.140 e. The number of piperidine rings is 1. The van der Waals surface area contributed by atoms with E-state index in [2.05, 4.69) is 5.32 Å². The standard InChI is InChI=1S/C14H18FNO/c1-10-3-2-4-13(15)12(10)9-14(17)11-5-7-16-8-6-11/h2-4,11,16H,5-9H2,1H3. The van der Waals surface area contributed by atoms with Crippen molar-refractivity contribution in [2.45, 2.75) is 26.2 Å². The first-order valence-electron chi connectivity index (χ1n) is 6.16. The van der Waals surface area contributed by atoms with Gasteiger partial charge in [0.1, 0.15) is 11.6 Å². The number of nitrogens with one attached hydrogen (secondary N) is 1. The van der Waals surface area contributed by atoms with Gasteiger partial charge in [0.05, 0.1) is 0 Å². The molecule has 1 fully saturated rings. The zero-order chi connectivity index (χ0) is 12.3. The second kappa shape index (κ2) is 5.41. The number of halogens is 1. The lowest BCUT2D eigenvalue weighted by Crippen LogP contribution is -2.32. The highest BCUT2D eigenvalue weighted by molar-refractivity contribution is 5.83. The number of aryl methyl sites for hydroxylation is 1. The largest absolute Gasteiger partial charge is 0.317 e. The predicted octanol–water partition coefficient (Wildman–Crippen LogP) is 2.25. The molecule has 1 aromatic rings. The summed E-state index contributed by atoms with van der Waals surface area (Å²) in [7, 11) is 0. The van der Waals surface area contributed by atoms with Crippen LogP contribution in [0.5, 0.6) is 0 Å². The van der Waals surface area contributed by atoms with E-state index in [1.807, 2.05) is 13.0 Å². The van der Waals surface area contributed by atoms with Crippen molar-refractivity contribution in [3.8, 4) is 0 Å². The molecule has 1 heterocycles. The smallest absolute Gasteiger partial charge is 0.140 e. The van der Waals surface area contributed by atoms with Gasteiger partial charge in [-0.1, -0.05) is 12.1 Å². The third-order valence-corrected chi connectivity index (χ3v) is 3.50. The molecule has 1 N–H and O–H groups in total. The van der Waals surface area contributed by atoms with Crippen molar-refractivity contribution in [3.05, 3.63) is 35.1 Å². The fourth-order valence-corrected chi connectivity index (χ4v) is 2.35. The molecule has 0 spiro atoms. The number of rotatable bonds is 3. The minimum atomic E-state index is -0.257. The van der Waals surface area contributed by atoms with Gasteiger partial charge < -0.3 is 5.32 Å². The number of Topliss-reactive ketones (excluding diaryl/α,β-unsaturated/α-hetero) is 1. The number of hydrogen-bond donors (Lipinski definition) is 1. The molecule has 0 bridgehead atoms. The molecule has 3 heteroatoms. The molecular weight excluding hydrogens is 217 g/mol. The molecule has 0 amide bonds. The lowest BCUT2D eigenvalue weighted by atomic mass is 9.89. The predicted molar refractivity (Wildman–Crippen MR) is 65.4 cm³/mol.